The quantitative estimate of drug-likeness (QED) is 0.0195. The SMILES string of the molecule is CC/C=C\C/C=C\C/C=C\C/C=C\CCCCCCCCCCCCCCCCCCC(=O)OC(COC(=O)CCCCCCCC/C=C\C/C=C\C/C=C\CCCCCCC)COC(OCC[N+](C)(C)C)C(=O)[O-]. The molecular weight excluding hydrogens is 935 g/mol. The van der Waals surface area contributed by atoms with Crippen LogP contribution in [0.25, 0.3) is 0 Å². The summed E-state index contributed by atoms with van der Waals surface area (Å²) in [7, 11) is 5.92. The van der Waals surface area contributed by atoms with Gasteiger partial charge >= 0.3 is 11.9 Å². The number of ether oxygens (including phenoxy) is 4. The van der Waals surface area contributed by atoms with Crippen LogP contribution in [0.3, 0.4) is 0 Å². The molecule has 0 amide bonds. The van der Waals surface area contributed by atoms with Gasteiger partial charge in [-0.2, -0.15) is 0 Å². The summed E-state index contributed by atoms with van der Waals surface area (Å²) in [5, 5.41) is 11.8. The number of allylic oxidation sites excluding steroid dienone is 14. The van der Waals surface area contributed by atoms with Gasteiger partial charge in [-0.1, -0.05) is 240 Å². The smallest absolute Gasteiger partial charge is 0.306 e. The first kappa shape index (κ1) is 71.5. The highest BCUT2D eigenvalue weighted by atomic mass is 16.7. The van der Waals surface area contributed by atoms with Crippen molar-refractivity contribution in [2.24, 2.45) is 0 Å². The van der Waals surface area contributed by atoms with Crippen molar-refractivity contribution in [2.75, 3.05) is 47.5 Å². The second kappa shape index (κ2) is 56.7. The van der Waals surface area contributed by atoms with E-state index in [0.29, 0.717) is 17.4 Å². The number of carbonyl (C=O) groups excluding carboxylic acids is 3. The number of quaternary nitrogens is 1. The summed E-state index contributed by atoms with van der Waals surface area (Å²) in [6.07, 6.45) is 72.1. The van der Waals surface area contributed by atoms with E-state index in [-0.39, 0.29) is 38.6 Å². The number of esters is 2. The molecule has 9 nitrogen and oxygen atoms in total. The maximum absolute atomic E-state index is 12.9. The zero-order valence-corrected chi connectivity index (χ0v) is 49.1. The van der Waals surface area contributed by atoms with Gasteiger partial charge in [0.05, 0.1) is 40.3 Å². The van der Waals surface area contributed by atoms with Crippen molar-refractivity contribution < 1.29 is 42.9 Å². The average molecular weight is 1050 g/mol. The van der Waals surface area contributed by atoms with Gasteiger partial charge in [-0.25, -0.2) is 0 Å². The third-order valence-electron chi connectivity index (χ3n) is 13.1. The molecule has 0 aliphatic rings. The van der Waals surface area contributed by atoms with Crippen LogP contribution < -0.4 is 5.11 Å². The Kier molecular flexibility index (Phi) is 54.0. The molecule has 0 rings (SSSR count). The topological polar surface area (TPSA) is 111 Å². The Morgan fingerprint density at radius 1 is 0.413 bits per heavy atom. The maximum Gasteiger partial charge on any atom is 0.306 e. The van der Waals surface area contributed by atoms with E-state index in [2.05, 4.69) is 98.9 Å². The molecule has 0 N–H and O–H groups in total. The number of hydrogen-bond donors (Lipinski definition) is 0. The van der Waals surface area contributed by atoms with Crippen LogP contribution in [0.2, 0.25) is 0 Å². The van der Waals surface area contributed by atoms with Crippen LogP contribution in [0.5, 0.6) is 0 Å². The van der Waals surface area contributed by atoms with Crippen molar-refractivity contribution >= 4 is 17.9 Å². The third kappa shape index (κ3) is 58.0. The zero-order chi connectivity index (χ0) is 54.8. The molecule has 0 aliphatic heterocycles. The third-order valence-corrected chi connectivity index (χ3v) is 13.1. The molecule has 0 bridgehead atoms. The van der Waals surface area contributed by atoms with Crippen LogP contribution in [0, 0.1) is 0 Å². The Morgan fingerprint density at radius 3 is 1.13 bits per heavy atom. The Bertz CT molecular complexity index is 1500. The van der Waals surface area contributed by atoms with Gasteiger partial charge in [0.15, 0.2) is 12.4 Å². The summed E-state index contributed by atoms with van der Waals surface area (Å²) in [6, 6.07) is 0. The minimum Gasteiger partial charge on any atom is -0.545 e. The second-order valence-electron chi connectivity index (χ2n) is 21.6. The fourth-order valence-electron chi connectivity index (χ4n) is 8.42. The van der Waals surface area contributed by atoms with E-state index >= 15 is 0 Å². The summed E-state index contributed by atoms with van der Waals surface area (Å²) >= 11 is 0. The number of carbonyl (C=O) groups is 3. The van der Waals surface area contributed by atoms with Gasteiger partial charge in [0.1, 0.15) is 13.2 Å². The number of rotatable bonds is 56. The molecule has 0 aliphatic carbocycles. The monoisotopic (exact) mass is 1050 g/mol. The Hall–Kier alpha value is -3.53. The summed E-state index contributed by atoms with van der Waals surface area (Å²) in [4.78, 5) is 37.4. The van der Waals surface area contributed by atoms with Gasteiger partial charge in [0.2, 0.25) is 0 Å². The molecule has 0 aromatic heterocycles. The first-order valence-corrected chi connectivity index (χ1v) is 30.7. The van der Waals surface area contributed by atoms with Crippen LogP contribution in [0.1, 0.15) is 258 Å². The lowest BCUT2D eigenvalue weighted by molar-refractivity contribution is -0.870. The molecule has 0 radical (unpaired) electrons. The number of likely N-dealkylation sites (N-methyl/N-ethyl adjacent to an activating group) is 1. The minimum atomic E-state index is -1.63. The van der Waals surface area contributed by atoms with Crippen molar-refractivity contribution in [3.05, 3.63) is 85.1 Å². The van der Waals surface area contributed by atoms with Crippen molar-refractivity contribution in [3.8, 4) is 0 Å². The van der Waals surface area contributed by atoms with E-state index in [9.17, 15) is 19.5 Å². The minimum absolute atomic E-state index is 0.143. The van der Waals surface area contributed by atoms with Crippen LogP contribution in [-0.4, -0.2) is 82.3 Å². The predicted octanol–water partition coefficient (Wildman–Crippen LogP) is 17.0. The van der Waals surface area contributed by atoms with E-state index in [1.54, 1.807) is 0 Å². The Balaban J connectivity index is 4.21. The van der Waals surface area contributed by atoms with E-state index in [1.807, 2.05) is 21.1 Å². The lowest BCUT2D eigenvalue weighted by Gasteiger charge is -2.26. The first-order chi connectivity index (χ1) is 36.6. The molecule has 2 atom stereocenters. The number of aliphatic carboxylic acids is 1. The van der Waals surface area contributed by atoms with E-state index in [4.69, 9.17) is 18.9 Å². The number of carboxylic acid groups (broad SMARTS) is 1. The largest absolute Gasteiger partial charge is 0.545 e. The van der Waals surface area contributed by atoms with Crippen molar-refractivity contribution in [1.29, 1.82) is 0 Å². The van der Waals surface area contributed by atoms with Crippen LogP contribution in [0.15, 0.2) is 85.1 Å². The molecule has 0 aromatic rings. The van der Waals surface area contributed by atoms with Crippen molar-refractivity contribution in [1.82, 2.24) is 0 Å². The molecule has 75 heavy (non-hydrogen) atoms. The molecule has 9 heteroatoms. The fourth-order valence-corrected chi connectivity index (χ4v) is 8.42. The highest BCUT2D eigenvalue weighted by molar-refractivity contribution is 5.70. The molecule has 2 unspecified atom stereocenters. The molecular formula is C66H115NO8. The second-order valence-corrected chi connectivity index (χ2v) is 21.6. The van der Waals surface area contributed by atoms with E-state index in [0.717, 1.165) is 89.9 Å². The highest BCUT2D eigenvalue weighted by Gasteiger charge is 2.22. The molecule has 0 aromatic carbocycles. The van der Waals surface area contributed by atoms with Crippen LogP contribution in [-0.2, 0) is 33.3 Å². The van der Waals surface area contributed by atoms with Gasteiger partial charge in [-0.3, -0.25) is 9.59 Å². The number of nitrogens with zero attached hydrogens (tertiary/aromatic N) is 1. The summed E-state index contributed by atoms with van der Waals surface area (Å²) in [6.45, 7) is 4.62. The average Bonchev–Trinajstić information content (AvgIpc) is 3.38. The summed E-state index contributed by atoms with van der Waals surface area (Å²) < 4.78 is 22.7. The van der Waals surface area contributed by atoms with Crippen LogP contribution in [0.4, 0.5) is 0 Å². The first-order valence-electron chi connectivity index (χ1n) is 30.7. The van der Waals surface area contributed by atoms with Gasteiger partial charge in [0, 0.05) is 12.8 Å². The molecule has 0 spiro atoms. The molecule has 0 fully saturated rings. The Labute approximate surface area is 461 Å². The van der Waals surface area contributed by atoms with E-state index in [1.165, 1.54) is 135 Å². The van der Waals surface area contributed by atoms with Gasteiger partial charge in [-0.15, -0.1) is 0 Å². The number of hydrogen-bond acceptors (Lipinski definition) is 8. The normalized spacial score (nSPS) is 13.3. The van der Waals surface area contributed by atoms with Gasteiger partial charge in [-0.05, 0) is 89.9 Å². The summed E-state index contributed by atoms with van der Waals surface area (Å²) in [5.74, 6) is -2.30. The zero-order valence-electron chi connectivity index (χ0n) is 49.1. The standard InChI is InChI=1S/C66H115NO8/c1-6-8-10-12-14-16-18-20-22-24-26-28-29-30-31-32-33-34-35-37-39-41-43-45-47-49-51-53-55-57-64(69)75-62(61-74-66(65(70)71)72-59-58-67(3,4)5)60-73-63(68)56-54-52-50-48-46-44-42-40-38-36-27-25-23-21-19-17-15-13-11-9-7-2/h8,10,14,16,19-22,25-28,38,40,62,66H,6-7,9,11-13,15,17-18,23-24,29-37,39,41-61H2,1-5H3/b10-8-,16-14-,21-19-,22-20-,27-25-,28-26-,40-38-. The molecule has 0 saturated carbocycles. The predicted molar refractivity (Wildman–Crippen MR) is 315 cm³/mol. The maximum atomic E-state index is 12.9. The van der Waals surface area contributed by atoms with Crippen molar-refractivity contribution in [3.63, 3.8) is 0 Å². The summed E-state index contributed by atoms with van der Waals surface area (Å²) in [5.41, 5.74) is 0. The molecule has 432 valence electrons. The fraction of sp³-hybridized carbons (Fsp3) is 0.742. The number of unbranched alkanes of at least 4 members (excludes halogenated alkanes) is 27. The number of carboxylic acids is 1. The molecule has 0 heterocycles. The van der Waals surface area contributed by atoms with Crippen molar-refractivity contribution in [2.45, 2.75) is 270 Å². The lowest BCUT2D eigenvalue weighted by Crippen LogP contribution is -2.44. The van der Waals surface area contributed by atoms with Gasteiger partial charge < -0.3 is 33.3 Å². The Morgan fingerprint density at radius 2 is 0.760 bits per heavy atom. The van der Waals surface area contributed by atoms with Crippen LogP contribution >= 0.6 is 0 Å². The van der Waals surface area contributed by atoms with Gasteiger partial charge in [0.25, 0.3) is 0 Å². The lowest BCUT2D eigenvalue weighted by atomic mass is 10.0. The van der Waals surface area contributed by atoms with E-state index < -0.39 is 24.3 Å². The highest BCUT2D eigenvalue weighted by Crippen LogP contribution is 2.16. The molecule has 0 saturated heterocycles.